The summed E-state index contributed by atoms with van der Waals surface area (Å²) in [4.78, 5) is 15.2. The van der Waals surface area contributed by atoms with Gasteiger partial charge in [0, 0.05) is 27.5 Å². The van der Waals surface area contributed by atoms with Gasteiger partial charge in [0.15, 0.2) is 17.5 Å². The summed E-state index contributed by atoms with van der Waals surface area (Å²) >= 11 is 0. The van der Waals surface area contributed by atoms with Gasteiger partial charge < -0.3 is 0 Å². The maximum Gasteiger partial charge on any atom is 0.164 e. The highest BCUT2D eigenvalue weighted by Gasteiger charge is 2.42. The fraction of sp³-hybridized carbons (Fsp3) is 0.118. The Bertz CT molecular complexity index is 2740. The number of aromatic nitrogens is 3. The first-order chi connectivity index (χ1) is 26.3. The van der Waals surface area contributed by atoms with E-state index in [1.807, 2.05) is 24.3 Å². The number of nitrogens with zero attached hydrogens (tertiary/aromatic N) is 3. The predicted molar refractivity (Wildman–Crippen MR) is 222 cm³/mol. The van der Waals surface area contributed by atoms with Crippen LogP contribution in [-0.4, -0.2) is 15.0 Å². The molecule has 0 amide bonds. The van der Waals surface area contributed by atoms with Gasteiger partial charge in [-0.05, 0) is 85.0 Å². The zero-order valence-electron chi connectivity index (χ0n) is 30.9. The molecule has 0 bridgehead atoms. The zero-order chi connectivity index (χ0) is 36.6. The van der Waals surface area contributed by atoms with Gasteiger partial charge in [-0.3, -0.25) is 0 Å². The summed E-state index contributed by atoms with van der Waals surface area (Å²) in [6, 6.07) is 58.6. The fourth-order valence-electron chi connectivity index (χ4n) is 8.84. The van der Waals surface area contributed by atoms with Gasteiger partial charge >= 0.3 is 0 Å². The lowest BCUT2D eigenvalue weighted by molar-refractivity contribution is 0.652. The van der Waals surface area contributed by atoms with E-state index >= 15 is 0 Å². The van der Waals surface area contributed by atoms with Gasteiger partial charge in [0.05, 0.1) is 0 Å². The van der Waals surface area contributed by atoms with Gasteiger partial charge in [-0.2, -0.15) is 0 Å². The van der Waals surface area contributed by atoms with Crippen LogP contribution in [0.15, 0.2) is 164 Å². The van der Waals surface area contributed by atoms with Crippen molar-refractivity contribution < 1.29 is 0 Å². The molecular weight excluding hydrogens is 655 g/mol. The molecule has 258 valence electrons. The summed E-state index contributed by atoms with van der Waals surface area (Å²) < 4.78 is 0. The van der Waals surface area contributed by atoms with Gasteiger partial charge in [0.25, 0.3) is 0 Å². The van der Waals surface area contributed by atoms with Crippen LogP contribution >= 0.6 is 0 Å². The fourth-order valence-corrected chi connectivity index (χ4v) is 8.84. The Morgan fingerprint density at radius 3 is 1.46 bits per heavy atom. The smallest absolute Gasteiger partial charge is 0.164 e. The molecule has 1 heterocycles. The molecule has 0 atom stereocenters. The molecular formula is C51H39N3. The highest BCUT2D eigenvalue weighted by molar-refractivity contribution is 5.96. The van der Waals surface area contributed by atoms with E-state index in [1.54, 1.807) is 0 Å². The molecule has 0 fully saturated rings. The Labute approximate surface area is 317 Å². The molecule has 1 aromatic heterocycles. The van der Waals surface area contributed by atoms with Crippen LogP contribution in [-0.2, 0) is 10.8 Å². The topological polar surface area (TPSA) is 38.7 Å². The second-order valence-electron chi connectivity index (χ2n) is 15.7. The molecule has 10 rings (SSSR count). The second-order valence-corrected chi connectivity index (χ2v) is 15.7. The molecule has 7 aromatic carbocycles. The third-order valence-corrected chi connectivity index (χ3v) is 11.8. The van der Waals surface area contributed by atoms with Gasteiger partial charge in [-0.15, -0.1) is 0 Å². The maximum absolute atomic E-state index is 5.12. The number of hydrogen-bond donors (Lipinski definition) is 0. The van der Waals surface area contributed by atoms with Crippen LogP contribution in [0.5, 0.6) is 0 Å². The molecule has 0 N–H and O–H groups in total. The molecule has 0 saturated carbocycles. The molecule has 3 heteroatoms. The molecule has 2 aliphatic carbocycles. The molecule has 0 radical (unpaired) electrons. The quantitative estimate of drug-likeness (QED) is 0.180. The first-order valence-electron chi connectivity index (χ1n) is 18.8. The van der Waals surface area contributed by atoms with Crippen molar-refractivity contribution in [3.05, 3.63) is 186 Å². The van der Waals surface area contributed by atoms with Crippen LogP contribution in [0.25, 0.3) is 78.7 Å². The van der Waals surface area contributed by atoms with Gasteiger partial charge in [0.2, 0.25) is 0 Å². The molecule has 0 aliphatic heterocycles. The second kappa shape index (κ2) is 12.0. The summed E-state index contributed by atoms with van der Waals surface area (Å²) in [5, 5.41) is 0. The monoisotopic (exact) mass is 693 g/mol. The first kappa shape index (κ1) is 32.2. The third-order valence-electron chi connectivity index (χ3n) is 11.8. The Morgan fingerprint density at radius 1 is 0.296 bits per heavy atom. The highest BCUT2D eigenvalue weighted by atomic mass is 15.0. The lowest BCUT2D eigenvalue weighted by Crippen LogP contribution is -2.16. The molecule has 0 spiro atoms. The van der Waals surface area contributed by atoms with Gasteiger partial charge in [-0.25, -0.2) is 15.0 Å². The van der Waals surface area contributed by atoms with Crippen molar-refractivity contribution in [3.63, 3.8) is 0 Å². The van der Waals surface area contributed by atoms with Crippen molar-refractivity contribution in [2.24, 2.45) is 0 Å². The van der Waals surface area contributed by atoms with E-state index in [-0.39, 0.29) is 10.8 Å². The molecule has 54 heavy (non-hydrogen) atoms. The third kappa shape index (κ3) is 4.99. The van der Waals surface area contributed by atoms with Crippen molar-refractivity contribution in [2.75, 3.05) is 0 Å². The molecule has 0 unspecified atom stereocenters. The SMILES string of the molecule is CC1(C)c2ccccc2-c2cc3c(cc21)-c1c(-c2cccc(-c4nc(-c5ccccc5)nc(-c5ccc(-c6ccccc6)cc5)n4)c2)cccc1C3(C)C. The first-order valence-corrected chi connectivity index (χ1v) is 18.8. The largest absolute Gasteiger partial charge is 0.208 e. The lowest BCUT2D eigenvalue weighted by Gasteiger charge is -2.24. The van der Waals surface area contributed by atoms with E-state index in [0.29, 0.717) is 17.5 Å². The minimum Gasteiger partial charge on any atom is -0.208 e. The van der Waals surface area contributed by atoms with Crippen molar-refractivity contribution in [1.82, 2.24) is 15.0 Å². The summed E-state index contributed by atoms with van der Waals surface area (Å²) in [5.74, 6) is 1.96. The normalized spacial score (nSPS) is 14.2. The van der Waals surface area contributed by atoms with Crippen LogP contribution in [0.4, 0.5) is 0 Å². The Morgan fingerprint density at radius 2 is 0.741 bits per heavy atom. The Hall–Kier alpha value is -6.45. The molecule has 0 saturated heterocycles. The average molecular weight is 694 g/mol. The summed E-state index contributed by atoms with van der Waals surface area (Å²) in [7, 11) is 0. The van der Waals surface area contributed by atoms with Crippen molar-refractivity contribution >= 4 is 0 Å². The number of hydrogen-bond acceptors (Lipinski definition) is 3. The minimum atomic E-state index is -0.140. The Balaban J connectivity index is 1.10. The van der Waals surface area contributed by atoms with Crippen molar-refractivity contribution in [3.8, 4) is 78.7 Å². The molecule has 3 nitrogen and oxygen atoms in total. The van der Waals surface area contributed by atoms with Crippen LogP contribution < -0.4 is 0 Å². The highest BCUT2D eigenvalue weighted by Crippen LogP contribution is 2.57. The standard InChI is InChI=1S/C51H39N3/c1-50(2)42-23-12-11-21-39(42)40-30-45-41(31-44(40)50)46-38(22-14-24-43(46)51(45,3)4)36-19-13-20-37(29-36)49-53-47(34-17-9-6-10-18-34)52-48(54-49)35-27-25-33(26-28-35)32-15-7-5-8-16-32/h5-31H,1-4H3. The van der Waals surface area contributed by atoms with Crippen LogP contribution in [0.2, 0.25) is 0 Å². The predicted octanol–water partition coefficient (Wildman–Crippen LogP) is 12.8. The van der Waals surface area contributed by atoms with Crippen molar-refractivity contribution in [2.45, 2.75) is 38.5 Å². The maximum atomic E-state index is 5.12. The van der Waals surface area contributed by atoms with E-state index in [9.17, 15) is 0 Å². The van der Waals surface area contributed by atoms with Crippen LogP contribution in [0.3, 0.4) is 0 Å². The van der Waals surface area contributed by atoms with E-state index < -0.39 is 0 Å². The molecule has 8 aromatic rings. The molecule has 2 aliphatic rings. The average Bonchev–Trinajstić information content (AvgIpc) is 3.59. The number of rotatable bonds is 5. The van der Waals surface area contributed by atoms with Crippen molar-refractivity contribution in [1.29, 1.82) is 0 Å². The van der Waals surface area contributed by atoms with Gasteiger partial charge in [-0.1, -0.05) is 173 Å². The Kier molecular flexibility index (Phi) is 7.19. The van der Waals surface area contributed by atoms with E-state index in [2.05, 4.69) is 167 Å². The summed E-state index contributed by atoms with van der Waals surface area (Å²) in [6.45, 7) is 9.48. The zero-order valence-corrected chi connectivity index (χ0v) is 30.9. The van der Waals surface area contributed by atoms with E-state index in [0.717, 1.165) is 27.8 Å². The van der Waals surface area contributed by atoms with Crippen LogP contribution in [0, 0.1) is 0 Å². The van der Waals surface area contributed by atoms with E-state index in [4.69, 9.17) is 15.0 Å². The summed E-state index contributed by atoms with van der Waals surface area (Å²) in [5.41, 5.74) is 18.3. The van der Waals surface area contributed by atoms with Gasteiger partial charge in [0.1, 0.15) is 0 Å². The minimum absolute atomic E-state index is 0.0720. The van der Waals surface area contributed by atoms with E-state index in [1.165, 1.54) is 55.6 Å². The van der Waals surface area contributed by atoms with Crippen LogP contribution in [0.1, 0.15) is 49.9 Å². The number of benzene rings is 7. The lowest BCUT2D eigenvalue weighted by atomic mass is 9.79. The summed E-state index contributed by atoms with van der Waals surface area (Å²) in [6.07, 6.45) is 0. The number of fused-ring (bicyclic) bond motifs is 6.